The van der Waals surface area contributed by atoms with Gasteiger partial charge in [-0.05, 0) is 77.4 Å². The minimum absolute atomic E-state index is 0.764. The molecule has 0 radical (unpaired) electrons. The first kappa shape index (κ1) is 22.4. The predicted molar refractivity (Wildman–Crippen MR) is 162 cm³/mol. The summed E-state index contributed by atoms with van der Waals surface area (Å²) in [5, 5.41) is 15.6. The Labute approximate surface area is 221 Å². The number of benzene rings is 8. The van der Waals surface area contributed by atoms with Crippen molar-refractivity contribution >= 4 is 64.6 Å². The van der Waals surface area contributed by atoms with Gasteiger partial charge in [0.25, 0.3) is 0 Å². The normalized spacial score (nSPS) is 11.4. The summed E-state index contributed by atoms with van der Waals surface area (Å²) in [4.78, 5) is 0. The average Bonchev–Trinajstić information content (AvgIpc) is 2.98. The SMILES string of the molecule is COc1ccc2cc3ccccc3cc2c1OC.c1cc2cccc3c4cccc5cccc(c(c1)c23)c54. The minimum atomic E-state index is 0.764. The maximum Gasteiger partial charge on any atom is 0.168 e. The molecule has 8 aromatic carbocycles. The molecular weight excluding hydrogens is 464 g/mol. The van der Waals surface area contributed by atoms with Crippen molar-refractivity contribution in [3.05, 3.63) is 121 Å². The summed E-state index contributed by atoms with van der Waals surface area (Å²) >= 11 is 0. The molecule has 0 aromatic heterocycles. The second-order valence-corrected chi connectivity index (χ2v) is 9.64. The minimum Gasteiger partial charge on any atom is -0.493 e. The summed E-state index contributed by atoms with van der Waals surface area (Å²) in [6, 6.07) is 43.1. The third-order valence-corrected chi connectivity index (χ3v) is 7.61. The molecule has 0 fully saturated rings. The summed E-state index contributed by atoms with van der Waals surface area (Å²) < 4.78 is 10.8. The Kier molecular flexibility index (Phi) is 5.26. The van der Waals surface area contributed by atoms with Crippen LogP contribution in [0, 0.1) is 0 Å². The molecule has 38 heavy (non-hydrogen) atoms. The van der Waals surface area contributed by atoms with Crippen molar-refractivity contribution in [3.63, 3.8) is 0 Å². The third kappa shape index (κ3) is 3.42. The fourth-order valence-electron chi connectivity index (χ4n) is 5.92. The maximum absolute atomic E-state index is 5.47. The number of ether oxygens (including phenoxy) is 2. The number of fused-ring (bicyclic) bond motifs is 4. The van der Waals surface area contributed by atoms with Gasteiger partial charge in [-0.3, -0.25) is 0 Å². The fraction of sp³-hybridized carbons (Fsp3) is 0.0556. The van der Waals surface area contributed by atoms with E-state index >= 15 is 0 Å². The van der Waals surface area contributed by atoms with E-state index in [1.165, 1.54) is 53.9 Å². The van der Waals surface area contributed by atoms with E-state index in [1.54, 1.807) is 14.2 Å². The summed E-state index contributed by atoms with van der Waals surface area (Å²) in [7, 11) is 3.33. The van der Waals surface area contributed by atoms with Gasteiger partial charge in [0.1, 0.15) is 0 Å². The summed E-state index contributed by atoms with van der Waals surface area (Å²) in [6.07, 6.45) is 0. The standard InChI is InChI=1S/C20H12.C16H14O2/c1-5-13-6-2-11-17-18-12-4-8-14-7-3-10-16(20(14)18)15(9-1)19(13)17;1-17-15-8-7-13-9-11-5-3-4-6-12(11)10-14(13)16(15)18-2/h1-12H;3-10H,1-2H3. The van der Waals surface area contributed by atoms with Crippen molar-refractivity contribution in [2.45, 2.75) is 0 Å². The maximum atomic E-state index is 5.47. The monoisotopic (exact) mass is 490 g/mol. The molecule has 0 saturated carbocycles. The largest absolute Gasteiger partial charge is 0.493 e. The van der Waals surface area contributed by atoms with Crippen LogP contribution in [0.1, 0.15) is 0 Å². The van der Waals surface area contributed by atoms with E-state index < -0.39 is 0 Å². The highest BCUT2D eigenvalue weighted by Crippen LogP contribution is 2.40. The highest BCUT2D eigenvalue weighted by atomic mass is 16.5. The lowest BCUT2D eigenvalue weighted by Crippen LogP contribution is -1.91. The molecule has 0 atom stereocenters. The lowest BCUT2D eigenvalue weighted by Gasteiger charge is -2.13. The molecule has 2 nitrogen and oxygen atoms in total. The topological polar surface area (TPSA) is 18.5 Å². The third-order valence-electron chi connectivity index (χ3n) is 7.61. The summed E-state index contributed by atoms with van der Waals surface area (Å²) in [6.45, 7) is 0. The van der Waals surface area contributed by atoms with E-state index in [-0.39, 0.29) is 0 Å². The van der Waals surface area contributed by atoms with Crippen molar-refractivity contribution in [3.8, 4) is 11.5 Å². The first-order valence-corrected chi connectivity index (χ1v) is 12.8. The quantitative estimate of drug-likeness (QED) is 0.177. The van der Waals surface area contributed by atoms with Gasteiger partial charge < -0.3 is 9.47 Å². The van der Waals surface area contributed by atoms with Gasteiger partial charge in [0.15, 0.2) is 11.5 Å². The highest BCUT2D eigenvalue weighted by Gasteiger charge is 2.12. The second-order valence-electron chi connectivity index (χ2n) is 9.64. The Morgan fingerprint density at radius 2 is 0.842 bits per heavy atom. The van der Waals surface area contributed by atoms with Gasteiger partial charge in [-0.25, -0.2) is 0 Å². The van der Waals surface area contributed by atoms with Crippen LogP contribution in [-0.2, 0) is 0 Å². The van der Waals surface area contributed by atoms with Gasteiger partial charge in [0.2, 0.25) is 0 Å². The smallest absolute Gasteiger partial charge is 0.168 e. The van der Waals surface area contributed by atoms with Gasteiger partial charge in [0, 0.05) is 5.39 Å². The van der Waals surface area contributed by atoms with Crippen LogP contribution in [0.4, 0.5) is 0 Å². The molecule has 182 valence electrons. The molecule has 0 aliphatic rings. The molecule has 0 bridgehead atoms. The molecule has 0 aliphatic heterocycles. The predicted octanol–water partition coefficient (Wildman–Crippen LogP) is 9.75. The number of hydrogen-bond donors (Lipinski definition) is 0. The fourth-order valence-corrected chi connectivity index (χ4v) is 5.92. The van der Waals surface area contributed by atoms with E-state index in [1.807, 2.05) is 12.1 Å². The molecule has 0 aliphatic carbocycles. The summed E-state index contributed by atoms with van der Waals surface area (Å²) in [5.41, 5.74) is 0. The van der Waals surface area contributed by atoms with E-state index in [0.29, 0.717) is 0 Å². The average molecular weight is 491 g/mol. The van der Waals surface area contributed by atoms with Gasteiger partial charge in [-0.2, -0.15) is 0 Å². The molecule has 0 saturated heterocycles. The Hall–Kier alpha value is -4.82. The Bertz CT molecular complexity index is 1940. The van der Waals surface area contributed by atoms with Crippen molar-refractivity contribution in [2.24, 2.45) is 0 Å². The van der Waals surface area contributed by atoms with Gasteiger partial charge in [-0.15, -0.1) is 0 Å². The Morgan fingerprint density at radius 3 is 1.32 bits per heavy atom. The molecule has 8 rings (SSSR count). The van der Waals surface area contributed by atoms with E-state index in [9.17, 15) is 0 Å². The highest BCUT2D eigenvalue weighted by molar-refractivity contribution is 6.32. The van der Waals surface area contributed by atoms with Gasteiger partial charge in [-0.1, -0.05) is 103 Å². The number of rotatable bonds is 2. The van der Waals surface area contributed by atoms with Crippen molar-refractivity contribution in [1.29, 1.82) is 0 Å². The molecule has 0 spiro atoms. The molecule has 0 N–H and O–H groups in total. The second kappa shape index (κ2) is 8.93. The zero-order valence-corrected chi connectivity index (χ0v) is 21.4. The number of hydrogen-bond acceptors (Lipinski definition) is 2. The van der Waals surface area contributed by atoms with Crippen LogP contribution in [0.15, 0.2) is 121 Å². The zero-order valence-electron chi connectivity index (χ0n) is 21.4. The Balaban J connectivity index is 0.000000128. The van der Waals surface area contributed by atoms with Crippen LogP contribution < -0.4 is 9.47 Å². The van der Waals surface area contributed by atoms with Crippen LogP contribution in [0.25, 0.3) is 64.6 Å². The number of methoxy groups -OCH3 is 2. The van der Waals surface area contributed by atoms with E-state index in [0.717, 1.165) is 22.3 Å². The Morgan fingerprint density at radius 1 is 0.368 bits per heavy atom. The van der Waals surface area contributed by atoms with Crippen LogP contribution in [-0.4, -0.2) is 14.2 Å². The first-order valence-electron chi connectivity index (χ1n) is 12.8. The van der Waals surface area contributed by atoms with E-state index in [2.05, 4.69) is 109 Å². The zero-order chi connectivity index (χ0) is 25.6. The lowest BCUT2D eigenvalue weighted by molar-refractivity contribution is 0.358. The molecule has 0 amide bonds. The molecule has 0 unspecified atom stereocenters. The molecular formula is C36H26O2. The van der Waals surface area contributed by atoms with Gasteiger partial charge >= 0.3 is 0 Å². The van der Waals surface area contributed by atoms with Crippen LogP contribution in [0.2, 0.25) is 0 Å². The first-order chi connectivity index (χ1) is 18.8. The van der Waals surface area contributed by atoms with Gasteiger partial charge in [0.05, 0.1) is 14.2 Å². The van der Waals surface area contributed by atoms with Crippen LogP contribution >= 0.6 is 0 Å². The molecule has 0 heterocycles. The van der Waals surface area contributed by atoms with Crippen LogP contribution in [0.3, 0.4) is 0 Å². The van der Waals surface area contributed by atoms with Crippen LogP contribution in [0.5, 0.6) is 11.5 Å². The summed E-state index contributed by atoms with van der Waals surface area (Å²) in [5.74, 6) is 1.56. The molecule has 2 heteroatoms. The van der Waals surface area contributed by atoms with Crippen molar-refractivity contribution < 1.29 is 9.47 Å². The van der Waals surface area contributed by atoms with E-state index in [4.69, 9.17) is 9.47 Å². The molecule has 8 aromatic rings. The lowest BCUT2D eigenvalue weighted by atomic mass is 9.90. The van der Waals surface area contributed by atoms with Crippen molar-refractivity contribution in [1.82, 2.24) is 0 Å². The van der Waals surface area contributed by atoms with Crippen molar-refractivity contribution in [2.75, 3.05) is 14.2 Å².